The van der Waals surface area contributed by atoms with Crippen LogP contribution in [0.3, 0.4) is 0 Å². The van der Waals surface area contributed by atoms with Crippen LogP contribution in [-0.4, -0.2) is 24.9 Å². The molecule has 0 unspecified atom stereocenters. The van der Waals surface area contributed by atoms with Crippen LogP contribution in [0.15, 0.2) is 24.3 Å². The lowest BCUT2D eigenvalue weighted by atomic mass is 10.0. The fraction of sp³-hybridized carbons (Fsp3) is 0.500. The Morgan fingerprint density at radius 1 is 1.20 bits per heavy atom. The van der Waals surface area contributed by atoms with Gasteiger partial charge in [-0.1, -0.05) is 0 Å². The predicted octanol–water partition coefficient (Wildman–Crippen LogP) is 2.23. The largest absolute Gasteiger partial charge is 0.508 e. The van der Waals surface area contributed by atoms with Crippen LogP contribution >= 0.6 is 0 Å². The van der Waals surface area contributed by atoms with E-state index in [4.69, 9.17) is 9.84 Å². The number of hydrogen-bond donors (Lipinski definition) is 2. The van der Waals surface area contributed by atoms with Gasteiger partial charge in [0.05, 0.1) is 0 Å². The number of anilines is 1. The third kappa shape index (κ3) is 3.13. The molecule has 82 valence electrons. The summed E-state index contributed by atoms with van der Waals surface area (Å²) in [5.41, 5.74) is 1.07. The van der Waals surface area contributed by atoms with Crippen molar-refractivity contribution in [2.24, 2.45) is 5.92 Å². The van der Waals surface area contributed by atoms with Crippen molar-refractivity contribution in [3.8, 4) is 5.75 Å². The van der Waals surface area contributed by atoms with Crippen molar-refractivity contribution < 1.29 is 9.84 Å². The molecule has 1 aliphatic heterocycles. The maximum Gasteiger partial charge on any atom is 0.115 e. The van der Waals surface area contributed by atoms with Gasteiger partial charge in [0.25, 0.3) is 0 Å². The lowest BCUT2D eigenvalue weighted by molar-refractivity contribution is 0.0699. The third-order valence-electron chi connectivity index (χ3n) is 2.80. The monoisotopic (exact) mass is 207 g/mol. The van der Waals surface area contributed by atoms with Crippen LogP contribution in [0.4, 0.5) is 5.69 Å². The van der Waals surface area contributed by atoms with Crippen molar-refractivity contribution in [3.63, 3.8) is 0 Å². The van der Waals surface area contributed by atoms with Crippen molar-refractivity contribution in [2.45, 2.75) is 12.8 Å². The Balaban J connectivity index is 1.79. The minimum Gasteiger partial charge on any atom is -0.508 e. The van der Waals surface area contributed by atoms with Crippen molar-refractivity contribution in [3.05, 3.63) is 24.3 Å². The number of phenols is 1. The normalized spacial score (nSPS) is 17.6. The fourth-order valence-electron chi connectivity index (χ4n) is 1.79. The second-order valence-electron chi connectivity index (χ2n) is 3.98. The molecule has 2 rings (SSSR count). The van der Waals surface area contributed by atoms with Crippen LogP contribution in [0.5, 0.6) is 5.75 Å². The maximum absolute atomic E-state index is 9.13. The molecule has 0 aliphatic carbocycles. The van der Waals surface area contributed by atoms with E-state index in [2.05, 4.69) is 5.32 Å². The van der Waals surface area contributed by atoms with Gasteiger partial charge in [0.1, 0.15) is 5.75 Å². The van der Waals surface area contributed by atoms with Crippen LogP contribution in [0.2, 0.25) is 0 Å². The molecule has 1 aliphatic rings. The molecule has 0 amide bonds. The van der Waals surface area contributed by atoms with E-state index in [9.17, 15) is 0 Å². The third-order valence-corrected chi connectivity index (χ3v) is 2.80. The van der Waals surface area contributed by atoms with Crippen molar-refractivity contribution in [1.29, 1.82) is 0 Å². The highest BCUT2D eigenvalue weighted by Gasteiger charge is 2.12. The molecule has 3 nitrogen and oxygen atoms in total. The summed E-state index contributed by atoms with van der Waals surface area (Å²) in [6.07, 6.45) is 2.29. The molecule has 0 atom stereocenters. The van der Waals surface area contributed by atoms with E-state index in [1.54, 1.807) is 12.1 Å². The summed E-state index contributed by atoms with van der Waals surface area (Å²) in [6, 6.07) is 7.20. The Labute approximate surface area is 90.1 Å². The maximum atomic E-state index is 9.13. The van der Waals surface area contributed by atoms with E-state index in [0.717, 1.165) is 38.3 Å². The SMILES string of the molecule is Oc1ccc(NCC2CCOCC2)cc1. The van der Waals surface area contributed by atoms with Crippen LogP contribution in [0.25, 0.3) is 0 Å². The first kappa shape index (κ1) is 10.3. The van der Waals surface area contributed by atoms with E-state index < -0.39 is 0 Å². The number of aromatic hydroxyl groups is 1. The molecule has 0 radical (unpaired) electrons. The Morgan fingerprint density at radius 2 is 1.87 bits per heavy atom. The molecule has 1 fully saturated rings. The predicted molar refractivity (Wildman–Crippen MR) is 60.1 cm³/mol. The van der Waals surface area contributed by atoms with Crippen LogP contribution in [0.1, 0.15) is 12.8 Å². The quantitative estimate of drug-likeness (QED) is 0.747. The van der Waals surface area contributed by atoms with Gasteiger partial charge in [-0.3, -0.25) is 0 Å². The number of rotatable bonds is 3. The van der Waals surface area contributed by atoms with Gasteiger partial charge < -0.3 is 15.2 Å². The highest BCUT2D eigenvalue weighted by atomic mass is 16.5. The zero-order chi connectivity index (χ0) is 10.5. The van der Waals surface area contributed by atoms with E-state index in [1.807, 2.05) is 12.1 Å². The first-order chi connectivity index (χ1) is 7.34. The summed E-state index contributed by atoms with van der Waals surface area (Å²) < 4.78 is 5.31. The zero-order valence-corrected chi connectivity index (χ0v) is 8.78. The second kappa shape index (κ2) is 5.03. The van der Waals surface area contributed by atoms with Gasteiger partial charge in [0.15, 0.2) is 0 Å². The Hall–Kier alpha value is -1.22. The number of hydrogen-bond acceptors (Lipinski definition) is 3. The van der Waals surface area contributed by atoms with E-state index in [1.165, 1.54) is 0 Å². The molecular weight excluding hydrogens is 190 g/mol. The molecule has 0 saturated carbocycles. The van der Waals surface area contributed by atoms with E-state index >= 15 is 0 Å². The first-order valence-electron chi connectivity index (χ1n) is 5.45. The number of phenolic OH excluding ortho intramolecular Hbond substituents is 1. The number of ether oxygens (including phenoxy) is 1. The lowest BCUT2D eigenvalue weighted by Crippen LogP contribution is -2.22. The smallest absolute Gasteiger partial charge is 0.115 e. The molecule has 0 aromatic heterocycles. The molecular formula is C12H17NO2. The van der Waals surface area contributed by atoms with Crippen LogP contribution < -0.4 is 5.32 Å². The van der Waals surface area contributed by atoms with Gasteiger partial charge in [-0.05, 0) is 43.0 Å². The topological polar surface area (TPSA) is 41.5 Å². The van der Waals surface area contributed by atoms with Crippen molar-refractivity contribution >= 4 is 5.69 Å². The van der Waals surface area contributed by atoms with Crippen molar-refractivity contribution in [2.75, 3.05) is 25.1 Å². The zero-order valence-electron chi connectivity index (χ0n) is 8.78. The van der Waals surface area contributed by atoms with Gasteiger partial charge in [0, 0.05) is 25.4 Å². The lowest BCUT2D eigenvalue weighted by Gasteiger charge is -2.22. The van der Waals surface area contributed by atoms with Gasteiger partial charge in [-0.2, -0.15) is 0 Å². The molecule has 0 spiro atoms. The summed E-state index contributed by atoms with van der Waals surface area (Å²) >= 11 is 0. The van der Waals surface area contributed by atoms with Crippen LogP contribution in [-0.2, 0) is 4.74 Å². The summed E-state index contributed by atoms with van der Waals surface area (Å²) in [7, 11) is 0. The van der Waals surface area contributed by atoms with Crippen molar-refractivity contribution in [1.82, 2.24) is 0 Å². The highest BCUT2D eigenvalue weighted by molar-refractivity contribution is 5.45. The molecule has 1 saturated heterocycles. The van der Waals surface area contributed by atoms with E-state index in [0.29, 0.717) is 11.7 Å². The van der Waals surface area contributed by atoms with Gasteiger partial charge in [-0.15, -0.1) is 0 Å². The molecule has 1 aromatic rings. The average molecular weight is 207 g/mol. The minimum absolute atomic E-state index is 0.312. The first-order valence-corrected chi connectivity index (χ1v) is 5.45. The summed E-state index contributed by atoms with van der Waals surface area (Å²) in [5.74, 6) is 1.03. The van der Waals surface area contributed by atoms with Gasteiger partial charge >= 0.3 is 0 Å². The van der Waals surface area contributed by atoms with E-state index in [-0.39, 0.29) is 0 Å². The summed E-state index contributed by atoms with van der Waals surface area (Å²) in [6.45, 7) is 2.78. The second-order valence-corrected chi connectivity index (χ2v) is 3.98. The number of benzene rings is 1. The molecule has 15 heavy (non-hydrogen) atoms. The minimum atomic E-state index is 0.312. The molecule has 3 heteroatoms. The Kier molecular flexibility index (Phi) is 3.45. The van der Waals surface area contributed by atoms with Gasteiger partial charge in [-0.25, -0.2) is 0 Å². The highest BCUT2D eigenvalue weighted by Crippen LogP contribution is 2.17. The number of nitrogens with one attached hydrogen (secondary N) is 1. The molecule has 0 bridgehead atoms. The Morgan fingerprint density at radius 3 is 2.53 bits per heavy atom. The fourth-order valence-corrected chi connectivity index (χ4v) is 1.79. The summed E-state index contributed by atoms with van der Waals surface area (Å²) in [4.78, 5) is 0. The Bertz CT molecular complexity index is 291. The average Bonchev–Trinajstić information content (AvgIpc) is 2.30. The summed E-state index contributed by atoms with van der Waals surface area (Å²) in [5, 5.41) is 12.5. The standard InChI is InChI=1S/C12H17NO2/c14-12-3-1-11(2-4-12)13-9-10-5-7-15-8-6-10/h1-4,10,13-14H,5-9H2. The molecule has 2 N–H and O–H groups in total. The van der Waals surface area contributed by atoms with Crippen LogP contribution in [0, 0.1) is 5.92 Å². The molecule has 1 heterocycles. The molecule has 1 aromatic carbocycles. The van der Waals surface area contributed by atoms with Gasteiger partial charge in [0.2, 0.25) is 0 Å².